The number of nitrogens with zero attached hydrogens (tertiary/aromatic N) is 1. The highest BCUT2D eigenvalue weighted by Gasteiger charge is 2.15. The van der Waals surface area contributed by atoms with Gasteiger partial charge in [0.05, 0.1) is 11.6 Å². The molecular weight excluding hydrogens is 345 g/mol. The van der Waals surface area contributed by atoms with Crippen molar-refractivity contribution in [2.75, 3.05) is 6.61 Å². The molecule has 0 aliphatic rings. The van der Waals surface area contributed by atoms with Gasteiger partial charge in [-0.05, 0) is 36.4 Å². The number of thiazole rings is 1. The first-order chi connectivity index (χ1) is 7.38. The molecule has 0 unspecified atom stereocenters. The smallest absolute Gasteiger partial charge is 0.358 e. The van der Waals surface area contributed by atoms with E-state index in [9.17, 15) is 4.79 Å². The zero-order valence-electron chi connectivity index (χ0n) is 9.11. The van der Waals surface area contributed by atoms with Gasteiger partial charge in [0.1, 0.15) is 2.88 Å². The van der Waals surface area contributed by atoms with Crippen LogP contribution in [-0.2, 0) is 9.53 Å². The molecule has 1 aromatic heterocycles. The summed E-state index contributed by atoms with van der Waals surface area (Å²) in [7, 11) is 0. The van der Waals surface area contributed by atoms with Crippen molar-refractivity contribution >= 4 is 45.9 Å². The van der Waals surface area contributed by atoms with Crippen LogP contribution in [0.5, 0.6) is 0 Å². The van der Waals surface area contributed by atoms with Gasteiger partial charge in [-0.1, -0.05) is 0 Å². The number of carboxylic acids is 1. The van der Waals surface area contributed by atoms with Crippen molar-refractivity contribution in [2.45, 2.75) is 20.8 Å². The standard InChI is InChI=1S/C7H8INO2S.C2H4O2/c1-3-11-7(10)5-6(8)12-4(2)9-5;1-2(3)4/h3H2,1-2H3;1H3,(H,3,4). The summed E-state index contributed by atoms with van der Waals surface area (Å²) in [5.41, 5.74) is 0.444. The molecule has 1 heterocycles. The number of carbonyl (C=O) groups excluding carboxylic acids is 1. The molecule has 1 rings (SSSR count). The van der Waals surface area contributed by atoms with Crippen molar-refractivity contribution in [1.29, 1.82) is 0 Å². The number of hydrogen-bond acceptors (Lipinski definition) is 5. The number of halogens is 1. The van der Waals surface area contributed by atoms with Gasteiger partial charge in [-0.2, -0.15) is 0 Å². The van der Waals surface area contributed by atoms with Crippen LogP contribution in [0, 0.1) is 9.81 Å². The van der Waals surface area contributed by atoms with Crippen LogP contribution < -0.4 is 0 Å². The van der Waals surface area contributed by atoms with Crippen LogP contribution in [-0.4, -0.2) is 28.6 Å². The molecule has 0 amide bonds. The van der Waals surface area contributed by atoms with Crippen molar-refractivity contribution in [3.05, 3.63) is 13.6 Å². The molecule has 1 N–H and O–H groups in total. The summed E-state index contributed by atoms with van der Waals surface area (Å²) >= 11 is 3.59. The van der Waals surface area contributed by atoms with E-state index >= 15 is 0 Å². The minimum absolute atomic E-state index is 0.328. The van der Waals surface area contributed by atoms with E-state index in [1.54, 1.807) is 6.92 Å². The van der Waals surface area contributed by atoms with E-state index < -0.39 is 5.97 Å². The number of aliphatic carboxylic acids is 1. The second-order valence-electron chi connectivity index (χ2n) is 2.59. The van der Waals surface area contributed by atoms with Crippen LogP contribution >= 0.6 is 33.9 Å². The minimum Gasteiger partial charge on any atom is -0.481 e. The summed E-state index contributed by atoms with van der Waals surface area (Å²) in [4.78, 5) is 24.3. The normalized spacial score (nSPS) is 9.00. The molecule has 90 valence electrons. The number of esters is 1. The van der Waals surface area contributed by atoms with Gasteiger partial charge in [-0.15, -0.1) is 11.3 Å². The molecular formula is C9H12INO4S. The Kier molecular flexibility index (Phi) is 7.22. The molecule has 1 aromatic rings. The van der Waals surface area contributed by atoms with Gasteiger partial charge in [0.2, 0.25) is 0 Å². The molecule has 0 aliphatic carbocycles. The fraction of sp³-hybridized carbons (Fsp3) is 0.444. The lowest BCUT2D eigenvalue weighted by Gasteiger charge is -1.96. The van der Waals surface area contributed by atoms with Crippen LogP contribution in [0.15, 0.2) is 0 Å². The Morgan fingerprint density at radius 3 is 2.38 bits per heavy atom. The van der Waals surface area contributed by atoms with Crippen LogP contribution in [0.3, 0.4) is 0 Å². The summed E-state index contributed by atoms with van der Waals surface area (Å²) < 4.78 is 5.71. The Bertz CT molecular complexity index is 374. The summed E-state index contributed by atoms with van der Waals surface area (Å²) in [6, 6.07) is 0. The average molecular weight is 357 g/mol. The number of aromatic nitrogens is 1. The molecule has 5 nitrogen and oxygen atoms in total. The fourth-order valence-electron chi connectivity index (χ4n) is 0.728. The van der Waals surface area contributed by atoms with Gasteiger partial charge in [0.25, 0.3) is 5.97 Å². The molecule has 0 spiro atoms. The van der Waals surface area contributed by atoms with E-state index in [1.807, 2.05) is 6.92 Å². The monoisotopic (exact) mass is 357 g/mol. The maximum Gasteiger partial charge on any atom is 0.358 e. The van der Waals surface area contributed by atoms with Crippen LogP contribution in [0.2, 0.25) is 0 Å². The van der Waals surface area contributed by atoms with E-state index in [1.165, 1.54) is 11.3 Å². The molecule has 7 heteroatoms. The summed E-state index contributed by atoms with van der Waals surface area (Å²) in [6.07, 6.45) is 0. The highest BCUT2D eigenvalue weighted by Crippen LogP contribution is 2.20. The minimum atomic E-state index is -0.833. The molecule has 0 saturated heterocycles. The lowest BCUT2D eigenvalue weighted by Crippen LogP contribution is -2.06. The molecule has 16 heavy (non-hydrogen) atoms. The lowest BCUT2D eigenvalue weighted by atomic mass is 10.5. The first-order valence-corrected chi connectivity index (χ1v) is 6.27. The third-order valence-corrected chi connectivity index (χ3v) is 3.09. The molecule has 0 aliphatic heterocycles. The van der Waals surface area contributed by atoms with Crippen LogP contribution in [0.1, 0.15) is 29.3 Å². The van der Waals surface area contributed by atoms with Crippen molar-refractivity contribution < 1.29 is 19.4 Å². The Hall–Kier alpha value is -0.700. The van der Waals surface area contributed by atoms with E-state index in [4.69, 9.17) is 14.6 Å². The van der Waals surface area contributed by atoms with Crippen LogP contribution in [0.25, 0.3) is 0 Å². The SMILES string of the molecule is CC(=O)O.CCOC(=O)c1nc(C)sc1I. The molecule has 0 bridgehead atoms. The van der Waals surface area contributed by atoms with Crippen molar-refractivity contribution in [1.82, 2.24) is 4.98 Å². The maximum atomic E-state index is 11.2. The topological polar surface area (TPSA) is 76.5 Å². The first kappa shape index (κ1) is 15.3. The number of ether oxygens (including phenoxy) is 1. The second kappa shape index (κ2) is 7.55. The number of carbonyl (C=O) groups is 2. The predicted octanol–water partition coefficient (Wildman–Crippen LogP) is 2.32. The summed E-state index contributed by atoms with van der Waals surface area (Å²) in [6.45, 7) is 5.13. The number of carboxylic acid groups (broad SMARTS) is 1. The third kappa shape index (κ3) is 6.01. The fourth-order valence-corrected chi connectivity index (χ4v) is 2.65. The lowest BCUT2D eigenvalue weighted by molar-refractivity contribution is -0.134. The molecule has 0 saturated carbocycles. The van der Waals surface area contributed by atoms with Crippen molar-refractivity contribution in [2.24, 2.45) is 0 Å². The molecule has 0 fully saturated rings. The molecule has 0 atom stereocenters. The Morgan fingerprint density at radius 2 is 2.06 bits per heavy atom. The highest BCUT2D eigenvalue weighted by atomic mass is 127. The number of hydrogen-bond donors (Lipinski definition) is 1. The van der Waals surface area contributed by atoms with Gasteiger partial charge >= 0.3 is 5.97 Å². The third-order valence-electron chi connectivity index (χ3n) is 1.16. The quantitative estimate of drug-likeness (QED) is 0.649. The predicted molar refractivity (Wildman–Crippen MR) is 68.8 cm³/mol. The summed E-state index contributed by atoms with van der Waals surface area (Å²) in [5, 5.41) is 8.31. The molecule has 0 aromatic carbocycles. The largest absolute Gasteiger partial charge is 0.481 e. The van der Waals surface area contributed by atoms with Crippen LogP contribution in [0.4, 0.5) is 0 Å². The van der Waals surface area contributed by atoms with E-state index in [2.05, 4.69) is 27.6 Å². The van der Waals surface area contributed by atoms with Gasteiger partial charge in [-0.3, -0.25) is 4.79 Å². The second-order valence-corrected chi connectivity index (χ2v) is 5.61. The molecule has 0 radical (unpaired) electrons. The highest BCUT2D eigenvalue weighted by molar-refractivity contribution is 14.1. The Morgan fingerprint density at radius 1 is 1.56 bits per heavy atom. The van der Waals surface area contributed by atoms with Gasteiger partial charge in [0.15, 0.2) is 5.69 Å². The van der Waals surface area contributed by atoms with Gasteiger partial charge in [0, 0.05) is 6.92 Å². The first-order valence-electron chi connectivity index (χ1n) is 4.38. The summed E-state index contributed by atoms with van der Waals surface area (Å²) in [5.74, 6) is -1.16. The zero-order chi connectivity index (χ0) is 12.7. The van der Waals surface area contributed by atoms with E-state index in [0.717, 1.165) is 14.8 Å². The number of aryl methyl sites for hydroxylation is 1. The average Bonchev–Trinajstić information content (AvgIpc) is 2.44. The van der Waals surface area contributed by atoms with Crippen molar-refractivity contribution in [3.63, 3.8) is 0 Å². The van der Waals surface area contributed by atoms with E-state index in [0.29, 0.717) is 12.3 Å². The maximum absolute atomic E-state index is 11.2. The Labute approximate surface area is 111 Å². The zero-order valence-corrected chi connectivity index (χ0v) is 12.1. The van der Waals surface area contributed by atoms with Crippen molar-refractivity contribution in [3.8, 4) is 0 Å². The Balaban J connectivity index is 0.000000487. The number of rotatable bonds is 2. The van der Waals surface area contributed by atoms with Gasteiger partial charge < -0.3 is 9.84 Å². The van der Waals surface area contributed by atoms with Gasteiger partial charge in [-0.25, -0.2) is 9.78 Å². The van der Waals surface area contributed by atoms with E-state index in [-0.39, 0.29) is 5.97 Å².